The summed E-state index contributed by atoms with van der Waals surface area (Å²) in [6, 6.07) is 20.4. The van der Waals surface area contributed by atoms with Gasteiger partial charge in [-0.05, 0) is 42.7 Å². The molecule has 0 aliphatic carbocycles. The fourth-order valence-electron chi connectivity index (χ4n) is 4.31. The number of carbonyl (C=O) groups excluding carboxylic acids is 1. The van der Waals surface area contributed by atoms with Gasteiger partial charge in [0.15, 0.2) is 0 Å². The average molecular weight is 496 g/mol. The van der Waals surface area contributed by atoms with Crippen molar-refractivity contribution in [3.63, 3.8) is 0 Å². The molecule has 1 amide bonds. The summed E-state index contributed by atoms with van der Waals surface area (Å²) in [7, 11) is -3.50. The Morgan fingerprint density at radius 2 is 1.74 bits per heavy atom. The molecule has 3 aromatic rings. The molecule has 0 radical (unpaired) electrons. The molecule has 0 bridgehead atoms. The SMILES string of the molecule is O=C(CSc1ccc(S(=O)(=O)N2CCCC2)cn1)N1c2ccccc2OCC1c1ccccc1. The second-order valence-electron chi connectivity index (χ2n) is 8.20. The molecule has 5 rings (SSSR count). The van der Waals surface area contributed by atoms with Crippen molar-refractivity contribution in [3.8, 4) is 5.75 Å². The van der Waals surface area contributed by atoms with E-state index in [9.17, 15) is 13.2 Å². The van der Waals surface area contributed by atoms with Gasteiger partial charge in [0.05, 0.1) is 22.5 Å². The summed E-state index contributed by atoms with van der Waals surface area (Å²) in [5.74, 6) is 0.788. The van der Waals surface area contributed by atoms with Gasteiger partial charge in [0.1, 0.15) is 17.3 Å². The zero-order valence-corrected chi connectivity index (χ0v) is 20.2. The number of ether oxygens (including phenoxy) is 1. The van der Waals surface area contributed by atoms with Gasteiger partial charge in [0.2, 0.25) is 15.9 Å². The third-order valence-electron chi connectivity index (χ3n) is 6.04. The van der Waals surface area contributed by atoms with Gasteiger partial charge in [-0.3, -0.25) is 9.69 Å². The first kappa shape index (κ1) is 22.9. The zero-order chi connectivity index (χ0) is 23.5. The Bertz CT molecular complexity index is 1260. The summed E-state index contributed by atoms with van der Waals surface area (Å²) >= 11 is 1.29. The number of para-hydroxylation sites is 2. The summed E-state index contributed by atoms with van der Waals surface area (Å²) in [6.07, 6.45) is 3.16. The molecule has 1 saturated heterocycles. The van der Waals surface area contributed by atoms with Crippen LogP contribution in [0.3, 0.4) is 0 Å². The second-order valence-corrected chi connectivity index (χ2v) is 11.1. The van der Waals surface area contributed by atoms with Crippen LogP contribution >= 0.6 is 11.8 Å². The van der Waals surface area contributed by atoms with E-state index in [2.05, 4.69) is 4.98 Å². The van der Waals surface area contributed by atoms with E-state index in [0.717, 1.165) is 24.1 Å². The number of aromatic nitrogens is 1. The Morgan fingerprint density at radius 1 is 1.00 bits per heavy atom. The number of thioether (sulfide) groups is 1. The maximum Gasteiger partial charge on any atom is 0.244 e. The molecule has 1 unspecified atom stereocenters. The van der Waals surface area contributed by atoms with Crippen LogP contribution in [0.4, 0.5) is 5.69 Å². The number of hydrogen-bond donors (Lipinski definition) is 0. The smallest absolute Gasteiger partial charge is 0.244 e. The van der Waals surface area contributed by atoms with Gasteiger partial charge >= 0.3 is 0 Å². The number of fused-ring (bicyclic) bond motifs is 1. The lowest BCUT2D eigenvalue weighted by Crippen LogP contribution is -2.42. The van der Waals surface area contributed by atoms with E-state index in [-0.39, 0.29) is 22.6 Å². The first-order valence-corrected chi connectivity index (χ1v) is 13.6. The van der Waals surface area contributed by atoms with Crippen molar-refractivity contribution < 1.29 is 17.9 Å². The van der Waals surface area contributed by atoms with Gasteiger partial charge < -0.3 is 4.74 Å². The quantitative estimate of drug-likeness (QED) is 0.479. The molecule has 2 aliphatic heterocycles. The van der Waals surface area contributed by atoms with E-state index >= 15 is 0 Å². The Balaban J connectivity index is 1.32. The maximum absolute atomic E-state index is 13.4. The fraction of sp³-hybridized carbons (Fsp3) is 0.280. The number of pyridine rings is 1. The molecular weight excluding hydrogens is 470 g/mol. The highest BCUT2D eigenvalue weighted by Gasteiger charge is 2.33. The van der Waals surface area contributed by atoms with E-state index in [1.807, 2.05) is 54.6 Å². The molecule has 176 valence electrons. The van der Waals surface area contributed by atoms with Gasteiger partial charge in [-0.2, -0.15) is 4.31 Å². The van der Waals surface area contributed by atoms with Crippen LogP contribution in [0.1, 0.15) is 24.4 Å². The van der Waals surface area contributed by atoms with E-state index in [4.69, 9.17) is 4.74 Å². The molecule has 1 fully saturated rings. The Kier molecular flexibility index (Phi) is 6.58. The van der Waals surface area contributed by atoms with E-state index in [1.165, 1.54) is 22.3 Å². The number of hydrogen-bond acceptors (Lipinski definition) is 6. The number of rotatable bonds is 6. The van der Waals surface area contributed by atoms with Crippen molar-refractivity contribution in [2.75, 3.05) is 30.3 Å². The average Bonchev–Trinajstić information content (AvgIpc) is 3.43. The first-order valence-electron chi connectivity index (χ1n) is 11.2. The van der Waals surface area contributed by atoms with Crippen molar-refractivity contribution in [2.45, 2.75) is 28.8 Å². The third kappa shape index (κ3) is 4.55. The maximum atomic E-state index is 13.4. The summed E-state index contributed by atoms with van der Waals surface area (Å²) in [6.45, 7) is 1.48. The number of carbonyl (C=O) groups is 1. The minimum absolute atomic E-state index is 0.0647. The minimum atomic E-state index is -3.50. The number of nitrogens with zero attached hydrogens (tertiary/aromatic N) is 3. The second kappa shape index (κ2) is 9.77. The number of benzene rings is 2. The van der Waals surface area contributed by atoms with Crippen LogP contribution < -0.4 is 9.64 Å². The molecule has 1 atom stereocenters. The largest absolute Gasteiger partial charge is 0.489 e. The van der Waals surface area contributed by atoms with Crippen molar-refractivity contribution in [2.24, 2.45) is 0 Å². The number of amides is 1. The van der Waals surface area contributed by atoms with Gasteiger partial charge in [-0.1, -0.05) is 54.2 Å². The molecule has 1 aromatic heterocycles. The lowest BCUT2D eigenvalue weighted by molar-refractivity contribution is -0.117. The van der Waals surface area contributed by atoms with Crippen LogP contribution in [-0.4, -0.2) is 49.1 Å². The summed E-state index contributed by atoms with van der Waals surface area (Å²) in [5.41, 5.74) is 1.75. The lowest BCUT2D eigenvalue weighted by Gasteiger charge is -2.37. The van der Waals surface area contributed by atoms with Crippen LogP contribution in [0.25, 0.3) is 0 Å². The van der Waals surface area contributed by atoms with Gasteiger partial charge in [0.25, 0.3) is 0 Å². The predicted molar refractivity (Wildman–Crippen MR) is 132 cm³/mol. The number of anilines is 1. The molecule has 2 aromatic carbocycles. The monoisotopic (exact) mass is 495 g/mol. The predicted octanol–water partition coefficient (Wildman–Crippen LogP) is 4.13. The topological polar surface area (TPSA) is 79.8 Å². The number of sulfonamides is 1. The van der Waals surface area contributed by atoms with Crippen molar-refractivity contribution in [1.29, 1.82) is 0 Å². The van der Waals surface area contributed by atoms with Crippen molar-refractivity contribution in [1.82, 2.24) is 9.29 Å². The minimum Gasteiger partial charge on any atom is -0.489 e. The van der Waals surface area contributed by atoms with E-state index < -0.39 is 10.0 Å². The summed E-state index contributed by atoms with van der Waals surface area (Å²) in [4.78, 5) is 19.7. The molecule has 0 spiro atoms. The van der Waals surface area contributed by atoms with Crippen molar-refractivity contribution in [3.05, 3.63) is 78.5 Å². The Hall–Kier alpha value is -2.88. The molecule has 2 aliphatic rings. The molecule has 0 N–H and O–H groups in total. The van der Waals surface area contributed by atoms with Crippen LogP contribution in [0.2, 0.25) is 0 Å². The molecule has 3 heterocycles. The highest BCUT2D eigenvalue weighted by atomic mass is 32.2. The van der Waals surface area contributed by atoms with Crippen LogP contribution in [0.5, 0.6) is 5.75 Å². The standard InChI is InChI=1S/C25H25N3O4S2/c29-25(18-33-24-13-12-20(16-26-24)34(30,31)27-14-6-7-15-27)28-21-10-4-5-11-23(21)32-17-22(28)19-8-2-1-3-9-19/h1-5,8-13,16,22H,6-7,14-15,17-18H2. The Morgan fingerprint density at radius 3 is 2.47 bits per heavy atom. The van der Waals surface area contributed by atoms with Gasteiger partial charge in [0, 0.05) is 19.3 Å². The molecule has 9 heteroatoms. The Labute approximate surface area is 203 Å². The molecule has 0 saturated carbocycles. The highest BCUT2D eigenvalue weighted by molar-refractivity contribution is 7.99. The first-order chi connectivity index (χ1) is 16.5. The highest BCUT2D eigenvalue weighted by Crippen LogP contribution is 2.39. The normalized spacial score (nSPS) is 18.4. The van der Waals surface area contributed by atoms with Crippen LogP contribution in [-0.2, 0) is 14.8 Å². The molecule has 7 nitrogen and oxygen atoms in total. The van der Waals surface area contributed by atoms with Crippen LogP contribution in [0, 0.1) is 0 Å². The van der Waals surface area contributed by atoms with Crippen LogP contribution in [0.15, 0.2) is 82.8 Å². The van der Waals surface area contributed by atoms with Gasteiger partial charge in [-0.15, -0.1) is 0 Å². The summed E-state index contributed by atoms with van der Waals surface area (Å²) < 4.78 is 32.9. The van der Waals surface area contributed by atoms with E-state index in [1.54, 1.807) is 17.0 Å². The third-order valence-corrected chi connectivity index (χ3v) is 8.85. The molecule has 34 heavy (non-hydrogen) atoms. The van der Waals surface area contributed by atoms with Crippen molar-refractivity contribution >= 4 is 33.4 Å². The fourth-order valence-corrected chi connectivity index (χ4v) is 6.47. The van der Waals surface area contributed by atoms with Gasteiger partial charge in [-0.25, -0.2) is 13.4 Å². The lowest BCUT2D eigenvalue weighted by atomic mass is 10.0. The zero-order valence-electron chi connectivity index (χ0n) is 18.5. The molecular formula is C25H25N3O4S2. The summed E-state index contributed by atoms with van der Waals surface area (Å²) in [5, 5.41) is 0.603. The van der Waals surface area contributed by atoms with E-state index in [0.29, 0.717) is 30.5 Å².